The molecule has 1 fully saturated rings. The molecule has 0 aliphatic carbocycles. The molecule has 0 amide bonds. The van der Waals surface area contributed by atoms with Crippen LogP contribution in [0.15, 0.2) is 27.6 Å². The molecule has 0 bridgehead atoms. The van der Waals surface area contributed by atoms with Crippen molar-refractivity contribution in [2.45, 2.75) is 24.3 Å². The minimum absolute atomic E-state index is 0.0238. The Labute approximate surface area is 120 Å². The van der Waals surface area contributed by atoms with Crippen LogP contribution in [-0.2, 0) is 10.0 Å². The maximum Gasteiger partial charge on any atom is 0.244 e. The number of rotatable bonds is 2. The molecular weight excluding hydrogens is 337 g/mol. The zero-order valence-corrected chi connectivity index (χ0v) is 12.8. The van der Waals surface area contributed by atoms with Crippen LogP contribution in [0.25, 0.3) is 0 Å². The van der Waals surface area contributed by atoms with Gasteiger partial charge in [-0.1, -0.05) is 6.92 Å². The minimum atomic E-state index is -3.71. The van der Waals surface area contributed by atoms with E-state index in [0.29, 0.717) is 13.0 Å². The second-order valence-electron chi connectivity index (χ2n) is 4.77. The van der Waals surface area contributed by atoms with E-state index in [0.717, 1.165) is 12.1 Å². The molecule has 19 heavy (non-hydrogen) atoms. The molecule has 1 N–H and O–H groups in total. The van der Waals surface area contributed by atoms with Gasteiger partial charge >= 0.3 is 0 Å². The number of nitrogens with zero attached hydrogens (tertiary/aromatic N) is 1. The highest BCUT2D eigenvalue weighted by molar-refractivity contribution is 9.10. The molecule has 106 valence electrons. The van der Waals surface area contributed by atoms with Crippen molar-refractivity contribution in [2.75, 3.05) is 13.1 Å². The Bertz CT molecular complexity index is 578. The van der Waals surface area contributed by atoms with Crippen LogP contribution in [0.1, 0.15) is 13.3 Å². The van der Waals surface area contributed by atoms with E-state index in [1.54, 1.807) is 0 Å². The quantitative estimate of drug-likeness (QED) is 0.886. The van der Waals surface area contributed by atoms with Crippen LogP contribution < -0.4 is 0 Å². The first kappa shape index (κ1) is 14.9. The van der Waals surface area contributed by atoms with Crippen LogP contribution in [0.2, 0.25) is 0 Å². The second kappa shape index (κ2) is 5.47. The number of benzene rings is 1. The van der Waals surface area contributed by atoms with Crippen molar-refractivity contribution in [1.29, 1.82) is 0 Å². The summed E-state index contributed by atoms with van der Waals surface area (Å²) in [5.41, 5.74) is 0. The number of aliphatic hydroxyl groups is 1. The van der Waals surface area contributed by atoms with Gasteiger partial charge in [0.05, 0.1) is 11.0 Å². The molecule has 2 atom stereocenters. The summed E-state index contributed by atoms with van der Waals surface area (Å²) < 4.78 is 39.3. The summed E-state index contributed by atoms with van der Waals surface area (Å²) in [7, 11) is -3.71. The number of β-amino-alcohol motifs (C(OH)–C–C–N with tert-alkyl or cyclic N) is 1. The summed E-state index contributed by atoms with van der Waals surface area (Å²) in [5.74, 6) is -0.416. The van der Waals surface area contributed by atoms with E-state index in [1.807, 2.05) is 6.92 Å². The number of aliphatic hydroxyl groups excluding tert-OH is 1. The Balaban J connectivity index is 2.32. The summed E-state index contributed by atoms with van der Waals surface area (Å²) in [6.45, 7) is 2.33. The van der Waals surface area contributed by atoms with E-state index in [2.05, 4.69) is 15.9 Å². The molecule has 2 rings (SSSR count). The fourth-order valence-corrected chi connectivity index (χ4v) is 4.54. The van der Waals surface area contributed by atoms with Crippen molar-refractivity contribution in [3.63, 3.8) is 0 Å². The van der Waals surface area contributed by atoms with Crippen molar-refractivity contribution >= 4 is 26.0 Å². The average molecular weight is 352 g/mol. The maximum absolute atomic E-state index is 13.0. The first-order valence-electron chi connectivity index (χ1n) is 5.95. The Morgan fingerprint density at radius 3 is 2.74 bits per heavy atom. The predicted molar refractivity (Wildman–Crippen MR) is 72.6 cm³/mol. The molecule has 0 saturated carbocycles. The summed E-state index contributed by atoms with van der Waals surface area (Å²) in [6.07, 6.45) is -0.0538. The van der Waals surface area contributed by atoms with Crippen molar-refractivity contribution < 1.29 is 17.9 Å². The molecule has 0 aromatic heterocycles. The second-order valence-corrected chi connectivity index (χ2v) is 7.53. The first-order valence-corrected chi connectivity index (χ1v) is 8.19. The van der Waals surface area contributed by atoms with Crippen molar-refractivity contribution in [3.05, 3.63) is 28.5 Å². The zero-order chi connectivity index (χ0) is 14.2. The monoisotopic (exact) mass is 351 g/mol. The van der Waals surface area contributed by atoms with Crippen LogP contribution >= 0.6 is 15.9 Å². The van der Waals surface area contributed by atoms with Crippen molar-refractivity contribution in [3.8, 4) is 0 Å². The van der Waals surface area contributed by atoms with Gasteiger partial charge in [-0.25, -0.2) is 12.8 Å². The summed E-state index contributed by atoms with van der Waals surface area (Å²) in [6, 6.07) is 3.47. The zero-order valence-electron chi connectivity index (χ0n) is 10.4. The average Bonchev–Trinajstić information content (AvgIpc) is 2.32. The molecule has 1 aromatic rings. The van der Waals surface area contributed by atoms with Crippen molar-refractivity contribution in [2.24, 2.45) is 5.92 Å². The van der Waals surface area contributed by atoms with E-state index in [-0.39, 0.29) is 21.8 Å². The molecule has 1 saturated heterocycles. The molecule has 2 unspecified atom stereocenters. The van der Waals surface area contributed by atoms with Crippen LogP contribution in [0, 0.1) is 11.7 Å². The molecule has 1 aliphatic heterocycles. The van der Waals surface area contributed by atoms with Gasteiger partial charge in [-0.15, -0.1) is 0 Å². The van der Waals surface area contributed by atoms with E-state index < -0.39 is 21.9 Å². The fraction of sp³-hybridized carbons (Fsp3) is 0.500. The molecule has 1 aromatic carbocycles. The van der Waals surface area contributed by atoms with Gasteiger partial charge in [0, 0.05) is 17.6 Å². The largest absolute Gasteiger partial charge is 0.391 e. The lowest BCUT2D eigenvalue weighted by atomic mass is 9.98. The normalized spacial score (nSPS) is 25.5. The van der Waals surface area contributed by atoms with Crippen LogP contribution in [-0.4, -0.2) is 37.0 Å². The Hall–Kier alpha value is -0.500. The maximum atomic E-state index is 13.0. The van der Waals surface area contributed by atoms with E-state index in [4.69, 9.17) is 0 Å². The number of sulfonamides is 1. The molecule has 7 heteroatoms. The van der Waals surface area contributed by atoms with Gasteiger partial charge in [-0.05, 0) is 46.5 Å². The van der Waals surface area contributed by atoms with E-state index >= 15 is 0 Å². The van der Waals surface area contributed by atoms with Crippen LogP contribution in [0.3, 0.4) is 0 Å². The molecule has 0 spiro atoms. The lowest BCUT2D eigenvalue weighted by Crippen LogP contribution is -2.45. The van der Waals surface area contributed by atoms with Gasteiger partial charge in [0.2, 0.25) is 10.0 Å². The van der Waals surface area contributed by atoms with Gasteiger partial charge in [-0.3, -0.25) is 0 Å². The standard InChI is InChI=1S/C12H15BrFNO3S/c1-8-4-5-15(7-11(8)16)19(17,18)12-3-2-9(14)6-10(12)13/h2-3,6,8,11,16H,4-5,7H2,1H3. The third-order valence-electron chi connectivity index (χ3n) is 3.39. The SMILES string of the molecule is CC1CCN(S(=O)(=O)c2ccc(F)cc2Br)CC1O. The Morgan fingerprint density at radius 1 is 1.47 bits per heavy atom. The molecule has 4 nitrogen and oxygen atoms in total. The number of piperidine rings is 1. The lowest BCUT2D eigenvalue weighted by molar-refractivity contribution is 0.0605. The number of hydrogen-bond donors (Lipinski definition) is 1. The highest BCUT2D eigenvalue weighted by atomic mass is 79.9. The molecule has 1 aliphatic rings. The molecule has 0 radical (unpaired) electrons. The first-order chi connectivity index (χ1) is 8.82. The van der Waals surface area contributed by atoms with Gasteiger partial charge in [0.15, 0.2) is 0 Å². The smallest absolute Gasteiger partial charge is 0.244 e. The van der Waals surface area contributed by atoms with E-state index in [9.17, 15) is 17.9 Å². The molecular formula is C12H15BrFNO3S. The highest BCUT2D eigenvalue weighted by Crippen LogP contribution is 2.28. The number of hydrogen-bond acceptors (Lipinski definition) is 3. The summed E-state index contributed by atoms with van der Waals surface area (Å²) >= 11 is 3.07. The van der Waals surface area contributed by atoms with E-state index in [1.165, 1.54) is 10.4 Å². The Kier molecular flexibility index (Phi) is 4.29. The van der Waals surface area contributed by atoms with Gasteiger partial charge in [0.25, 0.3) is 0 Å². The van der Waals surface area contributed by atoms with Crippen molar-refractivity contribution in [1.82, 2.24) is 4.31 Å². The Morgan fingerprint density at radius 2 is 2.16 bits per heavy atom. The van der Waals surface area contributed by atoms with Gasteiger partial charge in [0.1, 0.15) is 5.82 Å². The topological polar surface area (TPSA) is 57.6 Å². The predicted octanol–water partition coefficient (Wildman–Crippen LogP) is 1.98. The third-order valence-corrected chi connectivity index (χ3v) is 6.23. The van der Waals surface area contributed by atoms with Gasteiger partial charge in [-0.2, -0.15) is 4.31 Å². The fourth-order valence-electron chi connectivity index (χ4n) is 2.06. The summed E-state index contributed by atoms with van der Waals surface area (Å²) in [5, 5.41) is 9.79. The summed E-state index contributed by atoms with van der Waals surface area (Å²) in [4.78, 5) is 0.0238. The lowest BCUT2D eigenvalue weighted by Gasteiger charge is -2.33. The van der Waals surface area contributed by atoms with Crippen LogP contribution in [0.4, 0.5) is 4.39 Å². The molecule has 1 heterocycles. The van der Waals surface area contributed by atoms with Crippen LogP contribution in [0.5, 0.6) is 0 Å². The third kappa shape index (κ3) is 2.99. The highest BCUT2D eigenvalue weighted by Gasteiger charge is 2.33. The number of halogens is 2. The van der Waals surface area contributed by atoms with Gasteiger partial charge < -0.3 is 5.11 Å². The minimum Gasteiger partial charge on any atom is -0.391 e.